The summed E-state index contributed by atoms with van der Waals surface area (Å²) in [6, 6.07) is 0. The lowest BCUT2D eigenvalue weighted by Crippen LogP contribution is -2.16. The first-order chi connectivity index (χ1) is 6.61. The molecule has 7 atom stereocenters. The molecule has 0 spiro atoms. The molecule has 3 rings (SSSR count). The summed E-state index contributed by atoms with van der Waals surface area (Å²) in [5, 5.41) is 0. The van der Waals surface area contributed by atoms with Crippen molar-refractivity contribution in [2.24, 2.45) is 47.3 Å². The third-order valence-electron chi connectivity index (χ3n) is 5.74. The molecule has 0 aromatic carbocycles. The van der Waals surface area contributed by atoms with Gasteiger partial charge in [-0.25, -0.2) is 0 Å². The predicted molar refractivity (Wildman–Crippen MR) is 59.9 cm³/mol. The van der Waals surface area contributed by atoms with Crippen molar-refractivity contribution in [1.29, 1.82) is 0 Å². The zero-order valence-electron chi connectivity index (χ0n) is 10.0. The SMILES string of the molecule is CC(C)C1C(C)C1CC1CC2C(C)C12. The smallest absolute Gasteiger partial charge is 0.0326 e. The van der Waals surface area contributed by atoms with Gasteiger partial charge < -0.3 is 0 Å². The van der Waals surface area contributed by atoms with Crippen LogP contribution in [-0.4, -0.2) is 0 Å². The van der Waals surface area contributed by atoms with Crippen LogP contribution in [-0.2, 0) is 0 Å². The molecule has 3 saturated carbocycles. The van der Waals surface area contributed by atoms with Crippen molar-refractivity contribution < 1.29 is 0 Å². The van der Waals surface area contributed by atoms with Crippen LogP contribution in [0.5, 0.6) is 0 Å². The fourth-order valence-electron chi connectivity index (χ4n) is 4.70. The first kappa shape index (κ1) is 9.24. The molecule has 3 aliphatic carbocycles. The fourth-order valence-corrected chi connectivity index (χ4v) is 4.70. The van der Waals surface area contributed by atoms with E-state index in [4.69, 9.17) is 0 Å². The van der Waals surface area contributed by atoms with E-state index in [0.29, 0.717) is 0 Å². The molecule has 0 radical (unpaired) electrons. The molecule has 14 heavy (non-hydrogen) atoms. The summed E-state index contributed by atoms with van der Waals surface area (Å²) in [6.07, 6.45) is 3.16. The van der Waals surface area contributed by atoms with Gasteiger partial charge in [0.15, 0.2) is 0 Å². The summed E-state index contributed by atoms with van der Waals surface area (Å²) >= 11 is 0. The Hall–Kier alpha value is 0. The van der Waals surface area contributed by atoms with Crippen molar-refractivity contribution in [1.82, 2.24) is 0 Å². The van der Waals surface area contributed by atoms with E-state index < -0.39 is 0 Å². The van der Waals surface area contributed by atoms with Gasteiger partial charge in [0.2, 0.25) is 0 Å². The van der Waals surface area contributed by atoms with E-state index in [9.17, 15) is 0 Å². The second-order valence-electron chi connectivity index (χ2n) is 6.68. The Morgan fingerprint density at radius 3 is 2.21 bits per heavy atom. The third-order valence-corrected chi connectivity index (χ3v) is 5.74. The van der Waals surface area contributed by atoms with Crippen LogP contribution in [0, 0.1) is 47.3 Å². The summed E-state index contributed by atoms with van der Waals surface area (Å²) in [5.74, 6) is 8.75. The molecule has 0 N–H and O–H groups in total. The number of fused-ring (bicyclic) bond motifs is 1. The molecular weight excluding hydrogens is 168 g/mol. The van der Waals surface area contributed by atoms with Gasteiger partial charge in [0.05, 0.1) is 0 Å². The molecule has 0 bridgehead atoms. The van der Waals surface area contributed by atoms with Crippen molar-refractivity contribution in [2.45, 2.75) is 40.5 Å². The molecule has 0 saturated heterocycles. The topological polar surface area (TPSA) is 0 Å². The van der Waals surface area contributed by atoms with Gasteiger partial charge in [0.1, 0.15) is 0 Å². The minimum Gasteiger partial charge on any atom is -0.0625 e. The largest absolute Gasteiger partial charge is 0.0625 e. The number of hydrogen-bond acceptors (Lipinski definition) is 0. The van der Waals surface area contributed by atoms with Crippen molar-refractivity contribution >= 4 is 0 Å². The molecule has 80 valence electrons. The Labute approximate surface area is 88.5 Å². The summed E-state index contributed by atoms with van der Waals surface area (Å²) < 4.78 is 0. The lowest BCUT2D eigenvalue weighted by Gasteiger charge is -2.24. The van der Waals surface area contributed by atoms with E-state index in [-0.39, 0.29) is 0 Å². The second-order valence-corrected chi connectivity index (χ2v) is 6.68. The van der Waals surface area contributed by atoms with E-state index in [1.54, 1.807) is 12.8 Å². The molecule has 0 nitrogen and oxygen atoms in total. The van der Waals surface area contributed by atoms with Crippen LogP contribution in [0.3, 0.4) is 0 Å². The lowest BCUT2D eigenvalue weighted by molar-refractivity contribution is 0.248. The summed E-state index contributed by atoms with van der Waals surface area (Å²) in [6.45, 7) is 9.75. The molecule has 3 fully saturated rings. The van der Waals surface area contributed by atoms with E-state index in [1.807, 2.05) is 0 Å². The third kappa shape index (κ3) is 1.12. The van der Waals surface area contributed by atoms with Crippen LogP contribution in [0.15, 0.2) is 0 Å². The van der Waals surface area contributed by atoms with Gasteiger partial charge in [-0.05, 0) is 60.2 Å². The molecule has 7 unspecified atom stereocenters. The molecule has 0 heterocycles. The molecule has 0 heteroatoms. The van der Waals surface area contributed by atoms with Crippen LogP contribution in [0.1, 0.15) is 40.5 Å². The Balaban J connectivity index is 1.51. The zero-order chi connectivity index (χ0) is 10.0. The zero-order valence-corrected chi connectivity index (χ0v) is 10.0. The second kappa shape index (κ2) is 2.77. The van der Waals surface area contributed by atoms with E-state index in [0.717, 1.165) is 35.5 Å². The van der Waals surface area contributed by atoms with Gasteiger partial charge in [-0.15, -0.1) is 0 Å². The van der Waals surface area contributed by atoms with Gasteiger partial charge >= 0.3 is 0 Å². The molecule has 0 aliphatic heterocycles. The minimum absolute atomic E-state index is 0.933. The summed E-state index contributed by atoms with van der Waals surface area (Å²) in [4.78, 5) is 0. The summed E-state index contributed by atoms with van der Waals surface area (Å²) in [5.41, 5.74) is 0. The molecule has 3 aliphatic rings. The van der Waals surface area contributed by atoms with Crippen LogP contribution >= 0.6 is 0 Å². The Kier molecular flexibility index (Phi) is 1.83. The quantitative estimate of drug-likeness (QED) is 0.638. The average Bonchev–Trinajstić information content (AvgIpc) is 2.83. The van der Waals surface area contributed by atoms with Crippen LogP contribution in [0.4, 0.5) is 0 Å². The van der Waals surface area contributed by atoms with Crippen molar-refractivity contribution in [3.8, 4) is 0 Å². The first-order valence-corrected chi connectivity index (χ1v) is 6.61. The number of hydrogen-bond donors (Lipinski definition) is 0. The van der Waals surface area contributed by atoms with Crippen molar-refractivity contribution in [3.05, 3.63) is 0 Å². The Morgan fingerprint density at radius 2 is 1.86 bits per heavy atom. The first-order valence-electron chi connectivity index (χ1n) is 6.61. The van der Waals surface area contributed by atoms with Crippen LogP contribution in [0.25, 0.3) is 0 Å². The standard InChI is InChI=1S/C14H24/c1-7(2)13-8(3)11(13)5-10-6-12-9(4)14(10)12/h7-14H,5-6H2,1-4H3. The van der Waals surface area contributed by atoms with Crippen molar-refractivity contribution in [3.63, 3.8) is 0 Å². The van der Waals surface area contributed by atoms with E-state index >= 15 is 0 Å². The molecular formula is C14H24. The Morgan fingerprint density at radius 1 is 1.14 bits per heavy atom. The Bertz CT molecular complexity index is 238. The normalized spacial score (nSPS) is 59.4. The lowest BCUT2D eigenvalue weighted by atomic mass is 9.81. The van der Waals surface area contributed by atoms with Crippen molar-refractivity contribution in [2.75, 3.05) is 0 Å². The van der Waals surface area contributed by atoms with E-state index in [2.05, 4.69) is 27.7 Å². The highest BCUT2D eigenvalue weighted by atomic mass is 14.7. The van der Waals surface area contributed by atoms with Crippen LogP contribution in [0.2, 0.25) is 0 Å². The number of rotatable bonds is 3. The monoisotopic (exact) mass is 192 g/mol. The highest BCUT2D eigenvalue weighted by Crippen LogP contribution is 2.68. The van der Waals surface area contributed by atoms with Gasteiger partial charge in [-0.2, -0.15) is 0 Å². The maximum absolute atomic E-state index is 2.47. The highest BCUT2D eigenvalue weighted by molar-refractivity contribution is 5.10. The van der Waals surface area contributed by atoms with Gasteiger partial charge in [-0.3, -0.25) is 0 Å². The average molecular weight is 192 g/mol. The predicted octanol–water partition coefficient (Wildman–Crippen LogP) is 3.82. The van der Waals surface area contributed by atoms with Gasteiger partial charge in [0.25, 0.3) is 0 Å². The maximum atomic E-state index is 2.47. The summed E-state index contributed by atoms with van der Waals surface area (Å²) in [7, 11) is 0. The van der Waals surface area contributed by atoms with E-state index in [1.165, 1.54) is 11.8 Å². The fraction of sp³-hybridized carbons (Fsp3) is 1.00. The van der Waals surface area contributed by atoms with Gasteiger partial charge in [-0.1, -0.05) is 27.7 Å². The van der Waals surface area contributed by atoms with Gasteiger partial charge in [0, 0.05) is 0 Å². The minimum atomic E-state index is 0.933. The molecule has 0 aromatic rings. The molecule has 0 amide bonds. The van der Waals surface area contributed by atoms with Crippen LogP contribution < -0.4 is 0 Å². The highest BCUT2D eigenvalue weighted by Gasteiger charge is 2.62. The maximum Gasteiger partial charge on any atom is -0.0326 e. The molecule has 0 aromatic heterocycles.